The zero-order chi connectivity index (χ0) is 18.4. The molecule has 138 valence electrons. The van der Waals surface area contributed by atoms with Gasteiger partial charge in [0.1, 0.15) is 5.75 Å². The quantitative estimate of drug-likeness (QED) is 0.821. The van der Waals surface area contributed by atoms with Crippen LogP contribution in [0.5, 0.6) is 5.75 Å². The molecule has 1 saturated heterocycles. The smallest absolute Gasteiger partial charge is 0.251 e. The molecule has 5 heteroatoms. The predicted octanol–water partition coefficient (Wildman–Crippen LogP) is 4.31. The molecule has 1 amide bonds. The first-order valence-electron chi connectivity index (χ1n) is 9.09. The second kappa shape index (κ2) is 9.06. The molecule has 0 spiro atoms. The van der Waals surface area contributed by atoms with E-state index < -0.39 is 0 Å². The van der Waals surface area contributed by atoms with Crippen molar-refractivity contribution in [3.8, 4) is 5.75 Å². The lowest BCUT2D eigenvalue weighted by Gasteiger charge is -2.35. The van der Waals surface area contributed by atoms with Gasteiger partial charge in [-0.3, -0.25) is 9.69 Å². The molecule has 0 unspecified atom stereocenters. The third-order valence-corrected chi connectivity index (χ3v) is 5.15. The van der Waals surface area contributed by atoms with Crippen LogP contribution in [0, 0.1) is 0 Å². The van der Waals surface area contributed by atoms with E-state index in [-0.39, 0.29) is 11.9 Å². The van der Waals surface area contributed by atoms with Crippen LogP contribution in [-0.4, -0.2) is 37.6 Å². The van der Waals surface area contributed by atoms with Crippen molar-refractivity contribution in [2.24, 2.45) is 0 Å². The lowest BCUT2D eigenvalue weighted by Crippen LogP contribution is -2.40. The highest BCUT2D eigenvalue weighted by Gasteiger charge is 2.23. The number of hydrogen-bond donors (Lipinski definition) is 1. The molecule has 0 saturated carbocycles. The van der Waals surface area contributed by atoms with E-state index in [1.807, 2.05) is 12.1 Å². The lowest BCUT2D eigenvalue weighted by atomic mass is 10.0. The van der Waals surface area contributed by atoms with Gasteiger partial charge in [0, 0.05) is 17.1 Å². The van der Waals surface area contributed by atoms with Crippen LogP contribution >= 0.6 is 11.6 Å². The fourth-order valence-corrected chi connectivity index (χ4v) is 3.53. The maximum Gasteiger partial charge on any atom is 0.251 e. The van der Waals surface area contributed by atoms with Gasteiger partial charge in [0.25, 0.3) is 5.91 Å². The summed E-state index contributed by atoms with van der Waals surface area (Å²) in [5.41, 5.74) is 1.82. The Morgan fingerprint density at radius 2 is 1.73 bits per heavy atom. The zero-order valence-electron chi connectivity index (χ0n) is 15.1. The Hall–Kier alpha value is -2.04. The van der Waals surface area contributed by atoms with Gasteiger partial charge < -0.3 is 10.1 Å². The number of nitrogens with zero attached hydrogens (tertiary/aromatic N) is 1. The molecule has 1 atom stereocenters. The third-order valence-electron chi connectivity index (χ3n) is 4.89. The average Bonchev–Trinajstić information content (AvgIpc) is 2.70. The van der Waals surface area contributed by atoms with E-state index in [2.05, 4.69) is 22.3 Å². The van der Waals surface area contributed by atoms with Gasteiger partial charge in [0.05, 0.1) is 13.2 Å². The number of piperidine rings is 1. The van der Waals surface area contributed by atoms with Crippen molar-refractivity contribution in [3.63, 3.8) is 0 Å². The zero-order valence-corrected chi connectivity index (χ0v) is 15.8. The largest absolute Gasteiger partial charge is 0.497 e. The number of amides is 1. The fraction of sp³-hybridized carbons (Fsp3) is 0.381. The van der Waals surface area contributed by atoms with Gasteiger partial charge >= 0.3 is 0 Å². The molecule has 0 aliphatic carbocycles. The second-order valence-corrected chi connectivity index (χ2v) is 7.04. The van der Waals surface area contributed by atoms with Gasteiger partial charge in [-0.15, -0.1) is 0 Å². The van der Waals surface area contributed by atoms with Gasteiger partial charge in [-0.25, -0.2) is 0 Å². The van der Waals surface area contributed by atoms with Crippen LogP contribution in [0.4, 0.5) is 0 Å². The van der Waals surface area contributed by atoms with E-state index in [9.17, 15) is 4.79 Å². The number of nitrogens with one attached hydrogen (secondary N) is 1. The van der Waals surface area contributed by atoms with Crippen LogP contribution in [-0.2, 0) is 0 Å². The van der Waals surface area contributed by atoms with E-state index >= 15 is 0 Å². The number of benzene rings is 2. The molecular weight excluding hydrogens is 348 g/mol. The van der Waals surface area contributed by atoms with Gasteiger partial charge in [0.2, 0.25) is 0 Å². The van der Waals surface area contributed by atoms with Crippen molar-refractivity contribution < 1.29 is 9.53 Å². The number of ether oxygens (including phenoxy) is 1. The molecule has 0 aromatic heterocycles. The van der Waals surface area contributed by atoms with Gasteiger partial charge in [0.15, 0.2) is 0 Å². The van der Waals surface area contributed by atoms with Crippen LogP contribution in [0.1, 0.15) is 41.2 Å². The molecule has 4 nitrogen and oxygen atoms in total. The summed E-state index contributed by atoms with van der Waals surface area (Å²) < 4.78 is 5.27. The number of likely N-dealkylation sites (tertiary alicyclic amines) is 1. The molecule has 1 heterocycles. The summed E-state index contributed by atoms with van der Waals surface area (Å²) in [6.07, 6.45) is 3.69. The predicted molar refractivity (Wildman–Crippen MR) is 105 cm³/mol. The average molecular weight is 373 g/mol. The summed E-state index contributed by atoms with van der Waals surface area (Å²) in [4.78, 5) is 14.9. The molecule has 2 aromatic carbocycles. The number of carbonyl (C=O) groups is 1. The van der Waals surface area contributed by atoms with Crippen molar-refractivity contribution in [2.45, 2.75) is 25.3 Å². The number of methoxy groups -OCH3 is 1. The summed E-state index contributed by atoms with van der Waals surface area (Å²) in [5, 5.41) is 3.72. The standard InChI is InChI=1S/C21H25ClN2O2/c1-26-19-11-7-16(8-12-19)20(24-13-3-2-4-14-24)15-23-21(25)17-5-9-18(22)10-6-17/h5-12,20H,2-4,13-15H2,1H3,(H,23,25)/t20-/m0/s1. The molecule has 0 bridgehead atoms. The summed E-state index contributed by atoms with van der Waals surface area (Å²) in [6, 6.07) is 15.3. The first-order chi connectivity index (χ1) is 12.7. The molecule has 3 rings (SSSR count). The topological polar surface area (TPSA) is 41.6 Å². The molecular formula is C21H25ClN2O2. The van der Waals surface area contributed by atoms with Crippen molar-refractivity contribution in [1.82, 2.24) is 10.2 Å². The molecule has 1 aliphatic rings. The molecule has 0 radical (unpaired) electrons. The first kappa shape index (κ1) is 18.7. The number of rotatable bonds is 6. The number of hydrogen-bond acceptors (Lipinski definition) is 3. The lowest BCUT2D eigenvalue weighted by molar-refractivity contribution is 0.0924. The number of carbonyl (C=O) groups excluding carboxylic acids is 1. The minimum Gasteiger partial charge on any atom is -0.497 e. The highest BCUT2D eigenvalue weighted by Crippen LogP contribution is 2.26. The fourth-order valence-electron chi connectivity index (χ4n) is 3.41. The Labute approximate surface area is 160 Å². The van der Waals surface area contributed by atoms with Crippen molar-refractivity contribution in [1.29, 1.82) is 0 Å². The Balaban J connectivity index is 1.72. The van der Waals surface area contributed by atoms with E-state index in [0.29, 0.717) is 17.1 Å². The minimum atomic E-state index is -0.0720. The molecule has 1 N–H and O–H groups in total. The third kappa shape index (κ3) is 4.77. The summed E-state index contributed by atoms with van der Waals surface area (Å²) in [7, 11) is 1.67. The van der Waals surface area contributed by atoms with Gasteiger partial charge in [-0.2, -0.15) is 0 Å². The maximum absolute atomic E-state index is 12.5. The van der Waals surface area contributed by atoms with E-state index in [0.717, 1.165) is 18.8 Å². The molecule has 1 aliphatic heterocycles. The van der Waals surface area contributed by atoms with Crippen molar-refractivity contribution >= 4 is 17.5 Å². The monoisotopic (exact) mass is 372 g/mol. The molecule has 2 aromatic rings. The Morgan fingerprint density at radius 1 is 1.08 bits per heavy atom. The van der Waals surface area contributed by atoms with Crippen LogP contribution in [0.25, 0.3) is 0 Å². The van der Waals surface area contributed by atoms with Crippen molar-refractivity contribution in [2.75, 3.05) is 26.7 Å². The summed E-state index contributed by atoms with van der Waals surface area (Å²) in [5.74, 6) is 0.772. The van der Waals surface area contributed by atoms with E-state index in [1.165, 1.54) is 24.8 Å². The highest BCUT2D eigenvalue weighted by molar-refractivity contribution is 6.30. The molecule has 26 heavy (non-hydrogen) atoms. The first-order valence-corrected chi connectivity index (χ1v) is 9.47. The highest BCUT2D eigenvalue weighted by atomic mass is 35.5. The Kier molecular flexibility index (Phi) is 6.53. The van der Waals surface area contributed by atoms with Crippen molar-refractivity contribution in [3.05, 3.63) is 64.7 Å². The second-order valence-electron chi connectivity index (χ2n) is 6.60. The van der Waals surface area contributed by atoms with Crippen LogP contribution < -0.4 is 10.1 Å². The minimum absolute atomic E-state index is 0.0720. The number of halogens is 1. The van der Waals surface area contributed by atoms with Gasteiger partial charge in [-0.05, 0) is 67.9 Å². The normalized spacial score (nSPS) is 16.1. The van der Waals surface area contributed by atoms with Crippen LogP contribution in [0.2, 0.25) is 5.02 Å². The van der Waals surface area contributed by atoms with E-state index in [1.54, 1.807) is 31.4 Å². The Morgan fingerprint density at radius 3 is 2.35 bits per heavy atom. The molecule has 1 fully saturated rings. The SMILES string of the molecule is COc1ccc([C@H](CNC(=O)c2ccc(Cl)cc2)N2CCCCC2)cc1. The van der Waals surface area contributed by atoms with Crippen LogP contribution in [0.15, 0.2) is 48.5 Å². The Bertz CT molecular complexity index is 710. The summed E-state index contributed by atoms with van der Waals surface area (Å²) in [6.45, 7) is 2.70. The van der Waals surface area contributed by atoms with Crippen LogP contribution in [0.3, 0.4) is 0 Å². The van der Waals surface area contributed by atoms with Gasteiger partial charge in [-0.1, -0.05) is 30.2 Å². The maximum atomic E-state index is 12.5. The summed E-state index contributed by atoms with van der Waals surface area (Å²) >= 11 is 5.90. The van der Waals surface area contributed by atoms with E-state index in [4.69, 9.17) is 16.3 Å².